The van der Waals surface area contributed by atoms with Crippen LogP contribution in [-0.4, -0.2) is 32.7 Å². The van der Waals surface area contributed by atoms with E-state index in [1.165, 1.54) is 0 Å². The molecule has 0 saturated heterocycles. The van der Waals surface area contributed by atoms with Gasteiger partial charge in [-0.25, -0.2) is 0 Å². The lowest BCUT2D eigenvalue weighted by Crippen LogP contribution is -2.32. The summed E-state index contributed by atoms with van der Waals surface area (Å²) in [6, 6.07) is 5.32. The van der Waals surface area contributed by atoms with E-state index >= 15 is 0 Å². The topological polar surface area (TPSA) is 44.8 Å². The van der Waals surface area contributed by atoms with E-state index < -0.39 is 0 Å². The molecular weight excluding hydrogens is 256 g/mol. The van der Waals surface area contributed by atoms with E-state index in [-0.39, 0.29) is 5.78 Å². The number of hydrogen-bond acceptors (Lipinski definition) is 4. The van der Waals surface area contributed by atoms with Gasteiger partial charge in [0.2, 0.25) is 0 Å². The van der Waals surface area contributed by atoms with Gasteiger partial charge >= 0.3 is 0 Å². The fourth-order valence-electron chi connectivity index (χ4n) is 2.60. The zero-order valence-electron chi connectivity index (χ0n) is 12.3. The van der Waals surface area contributed by atoms with Crippen molar-refractivity contribution in [3.05, 3.63) is 23.8 Å². The number of hydrogen-bond donors (Lipinski definition) is 0. The Hall–Kier alpha value is -1.55. The van der Waals surface area contributed by atoms with Crippen LogP contribution in [0.25, 0.3) is 0 Å². The quantitative estimate of drug-likeness (QED) is 0.719. The third kappa shape index (κ3) is 3.31. The Balaban J connectivity index is 1.93. The first-order chi connectivity index (χ1) is 9.67. The van der Waals surface area contributed by atoms with Gasteiger partial charge < -0.3 is 14.2 Å². The van der Waals surface area contributed by atoms with Gasteiger partial charge in [0.15, 0.2) is 17.3 Å². The predicted molar refractivity (Wildman–Crippen MR) is 76.6 cm³/mol. The van der Waals surface area contributed by atoms with E-state index in [0.717, 1.165) is 19.4 Å². The van der Waals surface area contributed by atoms with Crippen LogP contribution in [0.1, 0.15) is 36.5 Å². The maximum atomic E-state index is 12.2. The lowest BCUT2D eigenvalue weighted by atomic mass is 9.78. The summed E-state index contributed by atoms with van der Waals surface area (Å²) in [5, 5.41) is 0. The van der Waals surface area contributed by atoms with Gasteiger partial charge in [-0.05, 0) is 43.9 Å². The predicted octanol–water partition coefficient (Wildman–Crippen LogP) is 3.09. The molecule has 1 aliphatic rings. The number of carbonyl (C=O) groups excluding carboxylic acids is 1. The van der Waals surface area contributed by atoms with Crippen LogP contribution >= 0.6 is 0 Å². The molecular formula is C16H22O4. The summed E-state index contributed by atoms with van der Waals surface area (Å²) in [7, 11) is 3.16. The average Bonchev–Trinajstić information content (AvgIpc) is 2.44. The summed E-state index contributed by atoms with van der Waals surface area (Å²) in [5.41, 5.74) is 0.683. The Morgan fingerprint density at radius 2 is 1.90 bits per heavy atom. The highest BCUT2D eigenvalue weighted by atomic mass is 16.5. The number of methoxy groups -OCH3 is 2. The van der Waals surface area contributed by atoms with Gasteiger partial charge in [0.25, 0.3) is 0 Å². The summed E-state index contributed by atoms with van der Waals surface area (Å²) in [4.78, 5) is 12.2. The number of carbonyl (C=O) groups is 1. The molecule has 0 spiro atoms. The molecule has 4 heteroatoms. The molecule has 0 unspecified atom stereocenters. The summed E-state index contributed by atoms with van der Waals surface area (Å²) in [5.74, 6) is 1.85. The Labute approximate surface area is 120 Å². The molecule has 0 aromatic heterocycles. The first kappa shape index (κ1) is 14.9. The van der Waals surface area contributed by atoms with Gasteiger partial charge in [-0.15, -0.1) is 0 Å². The zero-order chi connectivity index (χ0) is 14.5. The molecule has 0 atom stereocenters. The molecule has 0 aliphatic heterocycles. The molecule has 1 aliphatic carbocycles. The molecule has 1 fully saturated rings. The fourth-order valence-corrected chi connectivity index (χ4v) is 2.60. The van der Waals surface area contributed by atoms with Crippen molar-refractivity contribution in [1.29, 1.82) is 0 Å². The lowest BCUT2D eigenvalue weighted by Gasteiger charge is -2.34. The Kier molecular flexibility index (Phi) is 5.01. The first-order valence-corrected chi connectivity index (χ1v) is 7.04. The maximum Gasteiger partial charge on any atom is 0.163 e. The fraction of sp³-hybridized carbons (Fsp3) is 0.562. The number of ether oxygens (including phenoxy) is 3. The summed E-state index contributed by atoms with van der Waals surface area (Å²) >= 11 is 0. The SMILES string of the molecule is CCOC1CC(CC(=O)c2ccc(OC)c(OC)c2)C1. The number of Topliss-reactive ketones (excluding diaryl/α,β-unsaturated/α-hetero) is 1. The van der Waals surface area contributed by atoms with E-state index in [1.807, 2.05) is 6.92 Å². The normalized spacial score (nSPS) is 21.1. The summed E-state index contributed by atoms with van der Waals surface area (Å²) < 4.78 is 15.9. The monoisotopic (exact) mass is 278 g/mol. The van der Waals surface area contributed by atoms with Crippen molar-refractivity contribution in [3.63, 3.8) is 0 Å². The summed E-state index contributed by atoms with van der Waals surface area (Å²) in [6.07, 6.45) is 2.92. The second-order valence-electron chi connectivity index (χ2n) is 5.11. The van der Waals surface area contributed by atoms with Gasteiger partial charge in [-0.2, -0.15) is 0 Å². The standard InChI is InChI=1S/C16H22O4/c1-4-20-13-7-11(8-13)9-14(17)12-5-6-15(18-2)16(10-12)19-3/h5-6,10-11,13H,4,7-9H2,1-3H3. The molecule has 0 bridgehead atoms. The van der Waals surface area contributed by atoms with Crippen molar-refractivity contribution in [2.24, 2.45) is 5.92 Å². The van der Waals surface area contributed by atoms with Crippen molar-refractivity contribution in [3.8, 4) is 11.5 Å². The van der Waals surface area contributed by atoms with Gasteiger partial charge in [-0.3, -0.25) is 4.79 Å². The van der Waals surface area contributed by atoms with E-state index in [9.17, 15) is 4.79 Å². The first-order valence-electron chi connectivity index (χ1n) is 7.04. The van der Waals surface area contributed by atoms with Crippen molar-refractivity contribution in [1.82, 2.24) is 0 Å². The lowest BCUT2D eigenvalue weighted by molar-refractivity contribution is -0.0246. The molecule has 0 heterocycles. The molecule has 20 heavy (non-hydrogen) atoms. The minimum Gasteiger partial charge on any atom is -0.493 e. The van der Waals surface area contributed by atoms with Crippen molar-refractivity contribution in [2.45, 2.75) is 32.3 Å². The largest absolute Gasteiger partial charge is 0.493 e. The highest BCUT2D eigenvalue weighted by molar-refractivity contribution is 5.96. The zero-order valence-corrected chi connectivity index (χ0v) is 12.3. The molecule has 0 radical (unpaired) electrons. The molecule has 1 aromatic rings. The smallest absolute Gasteiger partial charge is 0.163 e. The van der Waals surface area contributed by atoms with Gasteiger partial charge in [0.05, 0.1) is 20.3 Å². The second kappa shape index (κ2) is 6.75. The maximum absolute atomic E-state index is 12.2. The minimum absolute atomic E-state index is 0.158. The van der Waals surface area contributed by atoms with Gasteiger partial charge in [0, 0.05) is 18.6 Å². The highest BCUT2D eigenvalue weighted by Crippen LogP contribution is 2.34. The number of benzene rings is 1. The molecule has 0 amide bonds. The van der Waals surface area contributed by atoms with E-state index in [2.05, 4.69) is 0 Å². The van der Waals surface area contributed by atoms with Crippen LogP contribution in [0, 0.1) is 5.92 Å². The molecule has 4 nitrogen and oxygen atoms in total. The third-order valence-electron chi connectivity index (χ3n) is 3.77. The number of rotatable bonds is 7. The van der Waals surface area contributed by atoms with Crippen LogP contribution in [0.2, 0.25) is 0 Å². The van der Waals surface area contributed by atoms with E-state index in [4.69, 9.17) is 14.2 Å². The van der Waals surface area contributed by atoms with Gasteiger partial charge in [0.1, 0.15) is 0 Å². The van der Waals surface area contributed by atoms with Crippen LogP contribution in [0.5, 0.6) is 11.5 Å². The Bertz CT molecular complexity index is 464. The van der Waals surface area contributed by atoms with E-state index in [0.29, 0.717) is 35.5 Å². The Morgan fingerprint density at radius 1 is 1.20 bits per heavy atom. The van der Waals surface area contributed by atoms with Crippen molar-refractivity contribution >= 4 is 5.78 Å². The second-order valence-corrected chi connectivity index (χ2v) is 5.11. The van der Waals surface area contributed by atoms with Crippen LogP contribution in [0.4, 0.5) is 0 Å². The summed E-state index contributed by atoms with van der Waals surface area (Å²) in [6.45, 7) is 2.75. The van der Waals surface area contributed by atoms with Crippen molar-refractivity contribution < 1.29 is 19.0 Å². The van der Waals surface area contributed by atoms with Crippen LogP contribution in [-0.2, 0) is 4.74 Å². The van der Waals surface area contributed by atoms with Crippen LogP contribution < -0.4 is 9.47 Å². The third-order valence-corrected chi connectivity index (χ3v) is 3.77. The molecule has 110 valence electrons. The van der Waals surface area contributed by atoms with Crippen LogP contribution in [0.15, 0.2) is 18.2 Å². The number of ketones is 1. The van der Waals surface area contributed by atoms with Crippen LogP contribution in [0.3, 0.4) is 0 Å². The molecule has 2 rings (SSSR count). The minimum atomic E-state index is 0.158. The highest BCUT2D eigenvalue weighted by Gasteiger charge is 2.31. The van der Waals surface area contributed by atoms with Gasteiger partial charge in [-0.1, -0.05) is 0 Å². The molecule has 1 aromatic carbocycles. The Morgan fingerprint density at radius 3 is 2.50 bits per heavy atom. The molecule has 0 N–H and O–H groups in total. The van der Waals surface area contributed by atoms with E-state index in [1.54, 1.807) is 32.4 Å². The van der Waals surface area contributed by atoms with Crippen molar-refractivity contribution in [2.75, 3.05) is 20.8 Å². The molecule has 1 saturated carbocycles. The average molecular weight is 278 g/mol.